The lowest BCUT2D eigenvalue weighted by atomic mass is 9.88. The number of ether oxygens (including phenoxy) is 1. The summed E-state index contributed by atoms with van der Waals surface area (Å²) in [5.41, 5.74) is 0.312. The minimum absolute atomic E-state index is 0.0820. The van der Waals surface area contributed by atoms with Gasteiger partial charge in [-0.1, -0.05) is 0 Å². The molecule has 2 rings (SSSR count). The Balaban J connectivity index is 2.22. The predicted molar refractivity (Wildman–Crippen MR) is 75.8 cm³/mol. The summed E-state index contributed by atoms with van der Waals surface area (Å²) < 4.78 is 5.87. The summed E-state index contributed by atoms with van der Waals surface area (Å²) in [4.78, 5) is 28.6. The molecule has 7 nitrogen and oxygen atoms in total. The van der Waals surface area contributed by atoms with Gasteiger partial charge in [-0.05, 0) is 27.1 Å². The molecule has 0 spiro atoms. The van der Waals surface area contributed by atoms with Crippen LogP contribution in [0, 0.1) is 16.0 Å². The van der Waals surface area contributed by atoms with Crippen molar-refractivity contribution in [2.75, 3.05) is 20.6 Å². The van der Waals surface area contributed by atoms with E-state index < -0.39 is 11.0 Å². The normalized spacial score (nSPS) is 26.1. The fourth-order valence-corrected chi connectivity index (χ4v) is 2.65. The Bertz CT molecular complexity index is 547. The lowest BCUT2D eigenvalue weighted by molar-refractivity contribution is -0.386. The highest BCUT2D eigenvalue weighted by Crippen LogP contribution is 2.36. The number of carbonyl (C=O) groups excluding carboxylic acids is 1. The first kappa shape index (κ1) is 15.5. The number of carbonyl (C=O) groups is 1. The molecule has 1 aliphatic rings. The van der Waals surface area contributed by atoms with Crippen LogP contribution in [0.3, 0.4) is 0 Å². The van der Waals surface area contributed by atoms with E-state index in [0.717, 1.165) is 0 Å². The zero-order valence-corrected chi connectivity index (χ0v) is 12.4. The van der Waals surface area contributed by atoms with Crippen molar-refractivity contribution >= 4 is 11.5 Å². The summed E-state index contributed by atoms with van der Waals surface area (Å²) >= 11 is 0. The lowest BCUT2D eigenvalue weighted by Crippen LogP contribution is -2.42. The zero-order valence-electron chi connectivity index (χ0n) is 12.4. The molecule has 0 bridgehead atoms. The molecule has 1 aromatic heterocycles. The number of aromatic nitrogens is 1. The van der Waals surface area contributed by atoms with Gasteiger partial charge in [0, 0.05) is 19.2 Å². The van der Waals surface area contributed by atoms with Crippen molar-refractivity contribution in [1.82, 2.24) is 9.88 Å². The van der Waals surface area contributed by atoms with Gasteiger partial charge in [0.1, 0.15) is 12.0 Å². The van der Waals surface area contributed by atoms with Crippen LogP contribution < -0.4 is 0 Å². The van der Waals surface area contributed by atoms with Crippen molar-refractivity contribution in [3.05, 3.63) is 34.1 Å². The van der Waals surface area contributed by atoms with E-state index in [1.165, 1.54) is 12.4 Å². The molecule has 0 aliphatic carbocycles. The summed E-state index contributed by atoms with van der Waals surface area (Å²) in [6.45, 7) is 2.45. The minimum atomic E-state index is -0.575. The summed E-state index contributed by atoms with van der Waals surface area (Å²) in [6, 6.07) is 1.55. The van der Waals surface area contributed by atoms with Gasteiger partial charge >= 0.3 is 0 Å². The molecule has 0 N–H and O–H groups in total. The van der Waals surface area contributed by atoms with Crippen LogP contribution in [0.25, 0.3) is 0 Å². The number of nitrogens with zero attached hydrogens (tertiary/aromatic N) is 3. The highest BCUT2D eigenvalue weighted by atomic mass is 16.6. The first-order valence-electron chi connectivity index (χ1n) is 6.81. The van der Waals surface area contributed by atoms with E-state index in [2.05, 4.69) is 4.98 Å². The Morgan fingerprint density at radius 1 is 1.52 bits per heavy atom. The molecule has 2 heterocycles. The minimum Gasteiger partial charge on any atom is -0.369 e. The topological polar surface area (TPSA) is 85.6 Å². The number of Topliss-reactive ketones (excluding diaryl/α,β-unsaturated/α-hetero) is 1. The van der Waals surface area contributed by atoms with Crippen LogP contribution >= 0.6 is 0 Å². The lowest BCUT2D eigenvalue weighted by Gasteiger charge is -2.34. The van der Waals surface area contributed by atoms with Crippen LogP contribution in [0.1, 0.15) is 25.0 Å². The van der Waals surface area contributed by atoms with E-state index in [1.54, 1.807) is 6.07 Å². The Morgan fingerprint density at radius 3 is 2.81 bits per heavy atom. The Hall–Kier alpha value is -1.86. The Labute approximate surface area is 123 Å². The molecule has 0 aromatic carbocycles. The number of hydrogen-bond acceptors (Lipinski definition) is 6. The number of hydrogen-bond donors (Lipinski definition) is 0. The van der Waals surface area contributed by atoms with Crippen LogP contribution in [0.15, 0.2) is 18.5 Å². The molecule has 1 aliphatic heterocycles. The second-order valence-electron chi connectivity index (χ2n) is 5.56. The van der Waals surface area contributed by atoms with Gasteiger partial charge in [-0.25, -0.2) is 0 Å². The van der Waals surface area contributed by atoms with Crippen LogP contribution in [0.2, 0.25) is 0 Å². The molecule has 1 fully saturated rings. The summed E-state index contributed by atoms with van der Waals surface area (Å²) in [6.07, 6.45) is 1.99. The van der Waals surface area contributed by atoms with Crippen molar-refractivity contribution in [2.24, 2.45) is 5.92 Å². The van der Waals surface area contributed by atoms with Gasteiger partial charge in [-0.3, -0.25) is 19.9 Å². The molecule has 21 heavy (non-hydrogen) atoms. The SMILES string of the molecule is C[C@H]1O[C@@H](c2ccncc2[N+](=O)[O-])CC(=O)C1CN(C)C. The van der Waals surface area contributed by atoms with E-state index >= 15 is 0 Å². The second kappa shape index (κ2) is 6.28. The number of rotatable bonds is 4. The first-order chi connectivity index (χ1) is 9.90. The van der Waals surface area contributed by atoms with Crippen molar-refractivity contribution in [3.63, 3.8) is 0 Å². The number of nitro groups is 1. The van der Waals surface area contributed by atoms with E-state index in [9.17, 15) is 14.9 Å². The van der Waals surface area contributed by atoms with E-state index in [0.29, 0.717) is 12.1 Å². The molecule has 0 saturated carbocycles. The summed E-state index contributed by atoms with van der Waals surface area (Å²) in [5, 5.41) is 11.1. The van der Waals surface area contributed by atoms with Crippen LogP contribution in [0.4, 0.5) is 5.69 Å². The maximum atomic E-state index is 12.3. The van der Waals surface area contributed by atoms with Gasteiger partial charge in [0.15, 0.2) is 0 Å². The summed E-state index contributed by atoms with van der Waals surface area (Å²) in [5.74, 6) is -0.115. The molecule has 0 radical (unpaired) electrons. The summed E-state index contributed by atoms with van der Waals surface area (Å²) in [7, 11) is 3.81. The fraction of sp³-hybridized carbons (Fsp3) is 0.571. The quantitative estimate of drug-likeness (QED) is 0.619. The molecular weight excluding hydrogens is 274 g/mol. The predicted octanol–water partition coefficient (Wildman–Crippen LogP) is 1.59. The smallest absolute Gasteiger partial charge is 0.293 e. The van der Waals surface area contributed by atoms with Crippen molar-refractivity contribution in [2.45, 2.75) is 25.6 Å². The van der Waals surface area contributed by atoms with Crippen LogP contribution in [0.5, 0.6) is 0 Å². The monoisotopic (exact) mass is 293 g/mol. The van der Waals surface area contributed by atoms with Gasteiger partial charge in [-0.2, -0.15) is 0 Å². The van der Waals surface area contributed by atoms with Crippen LogP contribution in [-0.2, 0) is 9.53 Å². The van der Waals surface area contributed by atoms with Crippen molar-refractivity contribution in [3.8, 4) is 0 Å². The largest absolute Gasteiger partial charge is 0.369 e. The standard InChI is InChI=1S/C14H19N3O4/c1-9-11(8-16(2)3)13(18)6-14(21-9)10-4-5-15-7-12(10)17(19)20/h4-5,7,9,11,14H,6,8H2,1-3H3/t9-,11?,14-/m1/s1. The average Bonchev–Trinajstić information content (AvgIpc) is 2.42. The highest BCUT2D eigenvalue weighted by molar-refractivity contribution is 5.83. The molecule has 7 heteroatoms. The third-order valence-corrected chi connectivity index (χ3v) is 3.68. The zero-order chi connectivity index (χ0) is 15.6. The molecular formula is C14H19N3O4. The Morgan fingerprint density at radius 2 is 2.24 bits per heavy atom. The average molecular weight is 293 g/mol. The third kappa shape index (κ3) is 3.43. The van der Waals surface area contributed by atoms with Gasteiger partial charge in [0.05, 0.1) is 28.6 Å². The van der Waals surface area contributed by atoms with Gasteiger partial charge in [0.2, 0.25) is 0 Å². The van der Waals surface area contributed by atoms with E-state index in [-0.39, 0.29) is 29.9 Å². The van der Waals surface area contributed by atoms with Crippen molar-refractivity contribution < 1.29 is 14.5 Å². The van der Waals surface area contributed by atoms with Crippen LogP contribution in [-0.4, -0.2) is 47.3 Å². The van der Waals surface area contributed by atoms with Gasteiger partial charge < -0.3 is 9.64 Å². The third-order valence-electron chi connectivity index (χ3n) is 3.68. The maximum Gasteiger partial charge on any atom is 0.293 e. The molecule has 114 valence electrons. The molecule has 1 aromatic rings. The fourth-order valence-electron chi connectivity index (χ4n) is 2.65. The molecule has 1 unspecified atom stereocenters. The van der Waals surface area contributed by atoms with Crippen molar-refractivity contribution in [1.29, 1.82) is 0 Å². The molecule has 3 atom stereocenters. The molecule has 0 amide bonds. The second-order valence-corrected chi connectivity index (χ2v) is 5.56. The highest BCUT2D eigenvalue weighted by Gasteiger charge is 2.38. The first-order valence-corrected chi connectivity index (χ1v) is 6.81. The van der Waals surface area contributed by atoms with Gasteiger partial charge in [0.25, 0.3) is 5.69 Å². The van der Waals surface area contributed by atoms with E-state index in [4.69, 9.17) is 4.74 Å². The maximum absolute atomic E-state index is 12.3. The van der Waals surface area contributed by atoms with E-state index in [1.807, 2.05) is 25.9 Å². The molecule has 1 saturated heterocycles. The number of ketones is 1. The number of pyridine rings is 1. The Kier molecular flexibility index (Phi) is 4.64. The van der Waals surface area contributed by atoms with Gasteiger partial charge in [-0.15, -0.1) is 0 Å².